The molecule has 1 atom stereocenters. The molecule has 0 aliphatic heterocycles. The summed E-state index contributed by atoms with van der Waals surface area (Å²) in [5.41, 5.74) is 8.44. The van der Waals surface area contributed by atoms with E-state index in [0.29, 0.717) is 6.54 Å². The molecule has 0 spiro atoms. The van der Waals surface area contributed by atoms with Gasteiger partial charge in [0.15, 0.2) is 0 Å². The number of nitrogens with zero attached hydrogens (tertiary/aromatic N) is 3. The zero-order valence-corrected chi connectivity index (χ0v) is 12.4. The van der Waals surface area contributed by atoms with Crippen molar-refractivity contribution in [2.24, 2.45) is 12.8 Å². The van der Waals surface area contributed by atoms with Gasteiger partial charge in [-0.1, -0.05) is 31.5 Å². The quantitative estimate of drug-likeness (QED) is 0.843. The Kier molecular flexibility index (Phi) is 5.18. The number of aryl methyl sites for hydroxylation is 1. The lowest BCUT2D eigenvalue weighted by molar-refractivity contribution is 0.604. The van der Waals surface area contributed by atoms with Crippen molar-refractivity contribution in [2.75, 3.05) is 18.0 Å². The predicted molar refractivity (Wildman–Crippen MR) is 83.7 cm³/mol. The number of aromatic nitrogens is 2. The third-order valence-corrected chi connectivity index (χ3v) is 3.55. The number of hydrogen-bond acceptors (Lipinski definition) is 3. The SMILES string of the molecule is CCCCN(c1ccccc1)C(CN)c1cnn(C)c1. The van der Waals surface area contributed by atoms with Crippen LogP contribution >= 0.6 is 0 Å². The summed E-state index contributed by atoms with van der Waals surface area (Å²) < 4.78 is 1.83. The second-order valence-electron chi connectivity index (χ2n) is 5.08. The Bertz CT molecular complexity index is 506. The van der Waals surface area contributed by atoms with Crippen molar-refractivity contribution in [3.05, 3.63) is 48.3 Å². The third kappa shape index (κ3) is 3.39. The molecule has 0 bridgehead atoms. The summed E-state index contributed by atoms with van der Waals surface area (Å²) in [4.78, 5) is 2.39. The Labute approximate surface area is 121 Å². The lowest BCUT2D eigenvalue weighted by Crippen LogP contribution is -2.34. The summed E-state index contributed by atoms with van der Waals surface area (Å²) in [6.07, 6.45) is 6.30. The van der Waals surface area contributed by atoms with Gasteiger partial charge in [-0.2, -0.15) is 5.10 Å². The largest absolute Gasteiger partial charge is 0.363 e. The molecule has 2 N–H and O–H groups in total. The minimum absolute atomic E-state index is 0.178. The maximum atomic E-state index is 6.05. The molecule has 4 heteroatoms. The highest BCUT2D eigenvalue weighted by Gasteiger charge is 2.20. The lowest BCUT2D eigenvalue weighted by Gasteiger charge is -2.32. The molecule has 1 unspecified atom stereocenters. The fourth-order valence-corrected chi connectivity index (χ4v) is 2.47. The summed E-state index contributed by atoms with van der Waals surface area (Å²) >= 11 is 0. The van der Waals surface area contributed by atoms with Crippen LogP contribution in [0.1, 0.15) is 31.4 Å². The van der Waals surface area contributed by atoms with Gasteiger partial charge in [0.25, 0.3) is 0 Å². The molecule has 1 aromatic heterocycles. The zero-order valence-electron chi connectivity index (χ0n) is 12.4. The number of benzene rings is 1. The van der Waals surface area contributed by atoms with Gasteiger partial charge >= 0.3 is 0 Å². The summed E-state index contributed by atoms with van der Waals surface area (Å²) in [5.74, 6) is 0. The molecule has 0 aliphatic carbocycles. The van der Waals surface area contributed by atoms with Crippen LogP contribution in [0.2, 0.25) is 0 Å². The van der Waals surface area contributed by atoms with Gasteiger partial charge < -0.3 is 10.6 Å². The van der Waals surface area contributed by atoms with Crippen LogP contribution in [-0.2, 0) is 7.05 Å². The monoisotopic (exact) mass is 272 g/mol. The number of nitrogens with two attached hydrogens (primary N) is 1. The van der Waals surface area contributed by atoms with Crippen LogP contribution in [0.4, 0.5) is 5.69 Å². The predicted octanol–water partition coefficient (Wildman–Crippen LogP) is 2.73. The van der Waals surface area contributed by atoms with Crippen molar-refractivity contribution in [1.82, 2.24) is 9.78 Å². The fourth-order valence-electron chi connectivity index (χ4n) is 2.47. The van der Waals surface area contributed by atoms with Crippen LogP contribution in [0.25, 0.3) is 0 Å². The van der Waals surface area contributed by atoms with E-state index in [9.17, 15) is 0 Å². The first-order chi connectivity index (χ1) is 9.76. The molecule has 0 saturated heterocycles. The average molecular weight is 272 g/mol. The van der Waals surface area contributed by atoms with Crippen LogP contribution in [0, 0.1) is 0 Å². The summed E-state index contributed by atoms with van der Waals surface area (Å²) in [6.45, 7) is 3.81. The van der Waals surface area contributed by atoms with Gasteiger partial charge in [0.2, 0.25) is 0 Å². The molecule has 0 radical (unpaired) electrons. The van der Waals surface area contributed by atoms with E-state index < -0.39 is 0 Å². The molecule has 1 heterocycles. The van der Waals surface area contributed by atoms with Crippen LogP contribution in [0.3, 0.4) is 0 Å². The highest BCUT2D eigenvalue weighted by Crippen LogP contribution is 2.26. The zero-order chi connectivity index (χ0) is 14.4. The second-order valence-corrected chi connectivity index (χ2v) is 5.08. The van der Waals surface area contributed by atoms with Crippen LogP contribution in [0.15, 0.2) is 42.7 Å². The van der Waals surface area contributed by atoms with Gasteiger partial charge in [-0.05, 0) is 18.6 Å². The van der Waals surface area contributed by atoms with E-state index in [-0.39, 0.29) is 6.04 Å². The van der Waals surface area contributed by atoms with E-state index >= 15 is 0 Å². The van der Waals surface area contributed by atoms with Crippen LogP contribution in [0.5, 0.6) is 0 Å². The van der Waals surface area contributed by atoms with Gasteiger partial charge in [0.1, 0.15) is 0 Å². The van der Waals surface area contributed by atoms with Gasteiger partial charge in [-0.15, -0.1) is 0 Å². The molecular formula is C16H24N4. The Morgan fingerprint density at radius 3 is 2.60 bits per heavy atom. The molecule has 0 aliphatic rings. The molecule has 20 heavy (non-hydrogen) atoms. The summed E-state index contributed by atoms with van der Waals surface area (Å²) in [6, 6.07) is 10.7. The molecule has 0 fully saturated rings. The first-order valence-electron chi connectivity index (χ1n) is 7.26. The van der Waals surface area contributed by atoms with E-state index in [1.807, 2.05) is 24.0 Å². The van der Waals surface area contributed by atoms with E-state index in [1.54, 1.807) is 0 Å². The van der Waals surface area contributed by atoms with Crippen molar-refractivity contribution >= 4 is 5.69 Å². The van der Waals surface area contributed by atoms with Crippen molar-refractivity contribution < 1.29 is 0 Å². The van der Waals surface area contributed by atoms with Gasteiger partial charge in [0.05, 0.1) is 12.2 Å². The molecule has 0 amide bonds. The Morgan fingerprint density at radius 1 is 1.30 bits per heavy atom. The van der Waals surface area contributed by atoms with Crippen LogP contribution in [-0.4, -0.2) is 22.9 Å². The minimum Gasteiger partial charge on any atom is -0.363 e. The van der Waals surface area contributed by atoms with Crippen molar-refractivity contribution in [3.8, 4) is 0 Å². The number of rotatable bonds is 7. The van der Waals surface area contributed by atoms with Gasteiger partial charge in [-0.3, -0.25) is 4.68 Å². The minimum atomic E-state index is 0.178. The molecule has 4 nitrogen and oxygen atoms in total. The first kappa shape index (κ1) is 14.6. The fraction of sp³-hybridized carbons (Fsp3) is 0.438. The lowest BCUT2D eigenvalue weighted by atomic mass is 10.1. The number of unbranched alkanes of at least 4 members (excludes halogenated alkanes) is 1. The number of para-hydroxylation sites is 1. The van der Waals surface area contributed by atoms with E-state index in [4.69, 9.17) is 5.73 Å². The third-order valence-electron chi connectivity index (χ3n) is 3.55. The topological polar surface area (TPSA) is 47.1 Å². The second kappa shape index (κ2) is 7.10. The van der Waals surface area contributed by atoms with Crippen molar-refractivity contribution in [1.29, 1.82) is 0 Å². The van der Waals surface area contributed by atoms with Gasteiger partial charge in [-0.25, -0.2) is 0 Å². The van der Waals surface area contributed by atoms with Crippen molar-refractivity contribution in [3.63, 3.8) is 0 Å². The van der Waals surface area contributed by atoms with E-state index in [1.165, 1.54) is 17.7 Å². The highest BCUT2D eigenvalue weighted by atomic mass is 15.3. The highest BCUT2D eigenvalue weighted by molar-refractivity contribution is 5.48. The Hall–Kier alpha value is -1.81. The molecular weight excluding hydrogens is 248 g/mol. The maximum absolute atomic E-state index is 6.05. The van der Waals surface area contributed by atoms with E-state index in [0.717, 1.165) is 13.0 Å². The normalized spacial score (nSPS) is 12.3. The molecule has 108 valence electrons. The molecule has 0 saturated carbocycles. The number of hydrogen-bond donors (Lipinski definition) is 1. The Morgan fingerprint density at radius 2 is 2.05 bits per heavy atom. The molecule has 1 aromatic carbocycles. The maximum Gasteiger partial charge on any atom is 0.0695 e. The van der Waals surface area contributed by atoms with Gasteiger partial charge in [0, 0.05) is 37.6 Å². The van der Waals surface area contributed by atoms with Crippen molar-refractivity contribution in [2.45, 2.75) is 25.8 Å². The summed E-state index contributed by atoms with van der Waals surface area (Å²) in [7, 11) is 1.94. The smallest absolute Gasteiger partial charge is 0.0695 e. The average Bonchev–Trinajstić information content (AvgIpc) is 2.90. The molecule has 2 aromatic rings. The molecule has 2 rings (SSSR count). The van der Waals surface area contributed by atoms with Crippen LogP contribution < -0.4 is 10.6 Å². The number of anilines is 1. The Balaban J connectivity index is 2.28. The first-order valence-corrected chi connectivity index (χ1v) is 7.26. The summed E-state index contributed by atoms with van der Waals surface area (Å²) in [5, 5.41) is 4.28. The standard InChI is InChI=1S/C16H24N4/c1-3-4-10-20(15-8-6-5-7-9-15)16(11-17)14-12-18-19(2)13-14/h5-9,12-13,16H,3-4,10-11,17H2,1-2H3. The van der Waals surface area contributed by atoms with E-state index in [2.05, 4.69) is 47.4 Å².